The van der Waals surface area contributed by atoms with E-state index in [1.165, 1.54) is 0 Å². The molecule has 0 aliphatic heterocycles. The Bertz CT molecular complexity index is 675. The van der Waals surface area contributed by atoms with Crippen molar-refractivity contribution >= 4 is 5.95 Å². The van der Waals surface area contributed by atoms with Crippen LogP contribution in [0.5, 0.6) is 5.75 Å². The molecule has 0 fully saturated rings. The Kier molecular flexibility index (Phi) is 5.20. The van der Waals surface area contributed by atoms with E-state index < -0.39 is 0 Å². The molecule has 22 heavy (non-hydrogen) atoms. The van der Waals surface area contributed by atoms with Crippen LogP contribution in [0.25, 0.3) is 0 Å². The Hall–Kier alpha value is -2.30. The lowest BCUT2D eigenvalue weighted by Crippen LogP contribution is -2.21. The second kappa shape index (κ2) is 7.11. The summed E-state index contributed by atoms with van der Waals surface area (Å²) in [6, 6.07) is 7.71. The SMILES string of the molecule is COc1ccc(Cc2c(C)nc(NCC(C)C)[nH]c2=O)cc1. The highest BCUT2D eigenvalue weighted by Gasteiger charge is 2.09. The summed E-state index contributed by atoms with van der Waals surface area (Å²) in [6.07, 6.45) is 0.558. The number of H-pyrrole nitrogens is 1. The van der Waals surface area contributed by atoms with Gasteiger partial charge in [-0.05, 0) is 30.5 Å². The maximum Gasteiger partial charge on any atom is 0.256 e. The van der Waals surface area contributed by atoms with Gasteiger partial charge in [-0.3, -0.25) is 9.78 Å². The number of hydrogen-bond donors (Lipinski definition) is 2. The topological polar surface area (TPSA) is 67.0 Å². The molecule has 2 aromatic rings. The summed E-state index contributed by atoms with van der Waals surface area (Å²) in [7, 11) is 1.64. The second-order valence-corrected chi connectivity index (χ2v) is 5.78. The van der Waals surface area contributed by atoms with Gasteiger partial charge >= 0.3 is 0 Å². The number of aromatic amines is 1. The summed E-state index contributed by atoms with van der Waals surface area (Å²) in [5, 5.41) is 3.15. The Morgan fingerprint density at radius 3 is 2.50 bits per heavy atom. The molecule has 0 amide bonds. The van der Waals surface area contributed by atoms with Gasteiger partial charge in [0.05, 0.1) is 12.8 Å². The van der Waals surface area contributed by atoms with Crippen molar-refractivity contribution in [2.45, 2.75) is 27.2 Å². The fourth-order valence-corrected chi connectivity index (χ4v) is 2.15. The van der Waals surface area contributed by atoms with Gasteiger partial charge in [0.15, 0.2) is 0 Å². The van der Waals surface area contributed by atoms with Crippen molar-refractivity contribution < 1.29 is 4.74 Å². The molecule has 0 saturated carbocycles. The average Bonchev–Trinajstić information content (AvgIpc) is 2.49. The standard InChI is InChI=1S/C17H23N3O2/c1-11(2)10-18-17-19-12(3)15(16(21)20-17)9-13-5-7-14(22-4)8-6-13/h5-8,11H,9-10H2,1-4H3,(H2,18,19,20,21). The lowest BCUT2D eigenvalue weighted by atomic mass is 10.1. The van der Waals surface area contributed by atoms with Gasteiger partial charge < -0.3 is 10.1 Å². The fourth-order valence-electron chi connectivity index (χ4n) is 2.15. The van der Waals surface area contributed by atoms with Crippen LogP contribution in [-0.4, -0.2) is 23.6 Å². The molecule has 0 aliphatic rings. The van der Waals surface area contributed by atoms with Crippen LogP contribution < -0.4 is 15.6 Å². The first-order chi connectivity index (χ1) is 10.5. The normalized spacial score (nSPS) is 10.8. The number of rotatable bonds is 6. The largest absolute Gasteiger partial charge is 0.497 e. The van der Waals surface area contributed by atoms with Crippen LogP contribution in [0.2, 0.25) is 0 Å². The van der Waals surface area contributed by atoms with Crippen LogP contribution in [-0.2, 0) is 6.42 Å². The Morgan fingerprint density at radius 1 is 1.27 bits per heavy atom. The van der Waals surface area contributed by atoms with E-state index in [1.54, 1.807) is 7.11 Å². The van der Waals surface area contributed by atoms with Gasteiger partial charge in [-0.25, -0.2) is 4.98 Å². The lowest BCUT2D eigenvalue weighted by molar-refractivity contribution is 0.414. The summed E-state index contributed by atoms with van der Waals surface area (Å²) in [5.74, 6) is 1.83. The Balaban J connectivity index is 2.18. The van der Waals surface area contributed by atoms with E-state index in [9.17, 15) is 4.79 Å². The van der Waals surface area contributed by atoms with E-state index in [0.29, 0.717) is 23.9 Å². The minimum absolute atomic E-state index is 0.0884. The van der Waals surface area contributed by atoms with Crippen molar-refractivity contribution in [3.63, 3.8) is 0 Å². The number of anilines is 1. The van der Waals surface area contributed by atoms with Crippen LogP contribution in [0.15, 0.2) is 29.1 Å². The first kappa shape index (κ1) is 16.1. The van der Waals surface area contributed by atoms with Crippen LogP contribution in [0.1, 0.15) is 30.7 Å². The highest BCUT2D eigenvalue weighted by atomic mass is 16.5. The van der Waals surface area contributed by atoms with E-state index in [2.05, 4.69) is 29.1 Å². The number of methoxy groups -OCH3 is 1. The summed E-state index contributed by atoms with van der Waals surface area (Å²) in [4.78, 5) is 19.5. The molecule has 0 saturated heterocycles. The minimum Gasteiger partial charge on any atom is -0.497 e. The smallest absolute Gasteiger partial charge is 0.256 e. The van der Waals surface area contributed by atoms with Crippen LogP contribution >= 0.6 is 0 Å². The van der Waals surface area contributed by atoms with Crippen LogP contribution in [0.4, 0.5) is 5.95 Å². The number of aryl methyl sites for hydroxylation is 1. The molecule has 0 unspecified atom stereocenters. The number of ether oxygens (including phenoxy) is 1. The number of hydrogen-bond acceptors (Lipinski definition) is 4. The highest BCUT2D eigenvalue weighted by molar-refractivity contribution is 5.34. The Morgan fingerprint density at radius 2 is 1.95 bits per heavy atom. The number of benzene rings is 1. The fraction of sp³-hybridized carbons (Fsp3) is 0.412. The van der Waals surface area contributed by atoms with Crippen molar-refractivity contribution in [3.8, 4) is 5.75 Å². The average molecular weight is 301 g/mol. The molecule has 0 bridgehead atoms. The lowest BCUT2D eigenvalue weighted by Gasteiger charge is -2.11. The first-order valence-electron chi connectivity index (χ1n) is 7.46. The van der Waals surface area contributed by atoms with Crippen LogP contribution in [0, 0.1) is 12.8 Å². The molecule has 5 heteroatoms. The van der Waals surface area contributed by atoms with E-state index in [0.717, 1.165) is 23.6 Å². The van der Waals surface area contributed by atoms with Gasteiger partial charge in [-0.2, -0.15) is 0 Å². The van der Waals surface area contributed by atoms with Crippen molar-refractivity contribution in [1.29, 1.82) is 0 Å². The molecule has 5 nitrogen and oxygen atoms in total. The maximum absolute atomic E-state index is 12.3. The van der Waals surface area contributed by atoms with Gasteiger partial charge in [0.2, 0.25) is 5.95 Å². The monoisotopic (exact) mass is 301 g/mol. The zero-order chi connectivity index (χ0) is 16.1. The number of nitrogens with zero attached hydrogens (tertiary/aromatic N) is 1. The third-order valence-corrected chi connectivity index (χ3v) is 3.44. The van der Waals surface area contributed by atoms with Gasteiger partial charge in [-0.1, -0.05) is 26.0 Å². The molecule has 0 aliphatic carbocycles. The minimum atomic E-state index is -0.0884. The first-order valence-corrected chi connectivity index (χ1v) is 7.46. The number of nitrogens with one attached hydrogen (secondary N) is 2. The van der Waals surface area contributed by atoms with E-state index in [-0.39, 0.29) is 5.56 Å². The van der Waals surface area contributed by atoms with E-state index in [4.69, 9.17) is 4.74 Å². The summed E-state index contributed by atoms with van der Waals surface area (Å²) in [6.45, 7) is 6.86. The van der Waals surface area contributed by atoms with E-state index in [1.807, 2.05) is 31.2 Å². The zero-order valence-corrected chi connectivity index (χ0v) is 13.6. The van der Waals surface area contributed by atoms with Crippen molar-refractivity contribution in [2.24, 2.45) is 5.92 Å². The molecule has 0 atom stereocenters. The zero-order valence-electron chi connectivity index (χ0n) is 13.6. The molecule has 1 aromatic heterocycles. The summed E-state index contributed by atoms with van der Waals surface area (Å²) < 4.78 is 5.14. The highest BCUT2D eigenvalue weighted by Crippen LogP contribution is 2.15. The van der Waals surface area contributed by atoms with Crippen molar-refractivity contribution in [1.82, 2.24) is 9.97 Å². The quantitative estimate of drug-likeness (QED) is 0.861. The molecule has 0 spiro atoms. The Labute approximate surface area is 130 Å². The third kappa shape index (κ3) is 4.10. The molecular formula is C17H23N3O2. The molecular weight excluding hydrogens is 278 g/mol. The molecule has 2 N–H and O–H groups in total. The van der Waals surface area contributed by atoms with Crippen molar-refractivity contribution in [2.75, 3.05) is 19.0 Å². The predicted octanol–water partition coefficient (Wildman–Crippen LogP) is 2.75. The van der Waals surface area contributed by atoms with Gasteiger partial charge in [0, 0.05) is 18.5 Å². The van der Waals surface area contributed by atoms with Gasteiger partial charge in [0.1, 0.15) is 5.75 Å². The molecule has 1 heterocycles. The molecule has 2 rings (SSSR count). The van der Waals surface area contributed by atoms with Crippen molar-refractivity contribution in [3.05, 3.63) is 51.4 Å². The van der Waals surface area contributed by atoms with E-state index >= 15 is 0 Å². The predicted molar refractivity (Wildman–Crippen MR) is 88.7 cm³/mol. The number of aromatic nitrogens is 2. The maximum atomic E-state index is 12.3. The molecule has 0 radical (unpaired) electrons. The van der Waals surface area contributed by atoms with Gasteiger partial charge in [-0.15, -0.1) is 0 Å². The summed E-state index contributed by atoms with van der Waals surface area (Å²) >= 11 is 0. The summed E-state index contributed by atoms with van der Waals surface area (Å²) in [5.41, 5.74) is 2.42. The molecule has 1 aromatic carbocycles. The van der Waals surface area contributed by atoms with Crippen LogP contribution in [0.3, 0.4) is 0 Å². The second-order valence-electron chi connectivity index (χ2n) is 5.78. The van der Waals surface area contributed by atoms with Gasteiger partial charge in [0.25, 0.3) is 5.56 Å². The third-order valence-electron chi connectivity index (χ3n) is 3.44. The molecule has 118 valence electrons.